The predicted octanol–water partition coefficient (Wildman–Crippen LogP) is 5.41. The van der Waals surface area contributed by atoms with Gasteiger partial charge in [-0.2, -0.15) is 0 Å². The third-order valence-corrected chi connectivity index (χ3v) is 6.30. The van der Waals surface area contributed by atoms with Crippen LogP contribution in [0.4, 0.5) is 9.93 Å². The highest BCUT2D eigenvalue weighted by Gasteiger charge is 2.33. The molecule has 0 spiro atoms. The summed E-state index contributed by atoms with van der Waals surface area (Å²) >= 11 is 7.26. The molecule has 2 amide bonds. The lowest BCUT2D eigenvalue weighted by molar-refractivity contribution is 0.0415. The first-order valence-corrected chi connectivity index (χ1v) is 12.2. The van der Waals surface area contributed by atoms with Gasteiger partial charge in [-0.1, -0.05) is 64.5 Å². The van der Waals surface area contributed by atoms with Crippen molar-refractivity contribution in [1.29, 1.82) is 0 Å². The zero-order chi connectivity index (χ0) is 25.3. The number of amides is 2. The fourth-order valence-corrected chi connectivity index (χ4v) is 4.71. The third kappa shape index (κ3) is 6.14. The normalized spacial score (nSPS) is 14.6. The second-order valence-corrected chi connectivity index (χ2v) is 11.5. The van der Waals surface area contributed by atoms with Gasteiger partial charge in [0.05, 0.1) is 29.3 Å². The third-order valence-electron chi connectivity index (χ3n) is 5.10. The molecular formula is C24H30ClN3O5S. The number of aromatic nitrogens is 1. The van der Waals surface area contributed by atoms with E-state index in [4.69, 9.17) is 21.1 Å². The highest BCUT2D eigenvalue weighted by Crippen LogP contribution is 2.36. The molecule has 0 atom stereocenters. The SMILES string of the molecule is CC(C)(C)C(=O)c1sc(NC(=O)c2cc(Cl)ccc2OC(=O)N2CCOCC2)nc1C(C)(C)C. The first-order chi connectivity index (χ1) is 15.8. The van der Waals surface area contributed by atoms with E-state index in [0.717, 1.165) is 11.3 Å². The Labute approximate surface area is 208 Å². The number of thiazole rings is 1. The summed E-state index contributed by atoms with van der Waals surface area (Å²) in [7, 11) is 0. The lowest BCUT2D eigenvalue weighted by Gasteiger charge is -2.26. The van der Waals surface area contributed by atoms with E-state index in [2.05, 4.69) is 10.3 Å². The van der Waals surface area contributed by atoms with Crippen molar-refractivity contribution in [2.75, 3.05) is 31.6 Å². The Morgan fingerprint density at radius 2 is 1.76 bits per heavy atom. The number of ketones is 1. The van der Waals surface area contributed by atoms with E-state index in [0.29, 0.717) is 41.9 Å². The van der Waals surface area contributed by atoms with E-state index in [9.17, 15) is 14.4 Å². The van der Waals surface area contributed by atoms with Crippen LogP contribution >= 0.6 is 22.9 Å². The number of carbonyl (C=O) groups is 3. The second kappa shape index (κ2) is 10.0. The molecule has 1 N–H and O–H groups in total. The maximum absolute atomic E-state index is 13.2. The first kappa shape index (κ1) is 26.1. The monoisotopic (exact) mass is 507 g/mol. The Balaban J connectivity index is 1.88. The fraction of sp³-hybridized carbons (Fsp3) is 0.500. The van der Waals surface area contributed by atoms with Crippen molar-refractivity contribution in [2.24, 2.45) is 5.41 Å². The van der Waals surface area contributed by atoms with Crippen molar-refractivity contribution in [3.8, 4) is 5.75 Å². The number of hydrogen-bond donors (Lipinski definition) is 1. The molecule has 34 heavy (non-hydrogen) atoms. The van der Waals surface area contributed by atoms with Crippen LogP contribution in [0.1, 0.15) is 67.3 Å². The molecule has 0 aliphatic carbocycles. The Morgan fingerprint density at radius 1 is 1.12 bits per heavy atom. The molecule has 184 valence electrons. The van der Waals surface area contributed by atoms with Gasteiger partial charge in [-0.25, -0.2) is 9.78 Å². The van der Waals surface area contributed by atoms with E-state index in [1.54, 1.807) is 6.07 Å². The molecule has 0 saturated carbocycles. The van der Waals surface area contributed by atoms with E-state index in [1.807, 2.05) is 41.5 Å². The standard InChI is InChI=1S/C24H30ClN3O5S/c1-23(2,3)18-17(19(29)24(4,5)6)34-21(26-18)27-20(30)15-13-14(25)7-8-16(15)33-22(31)28-9-11-32-12-10-28/h7-8,13H,9-12H2,1-6H3,(H,26,27,30). The zero-order valence-corrected chi connectivity index (χ0v) is 21.9. The van der Waals surface area contributed by atoms with Crippen molar-refractivity contribution in [2.45, 2.75) is 47.0 Å². The number of rotatable bonds is 4. The maximum Gasteiger partial charge on any atom is 0.415 e. The van der Waals surface area contributed by atoms with Gasteiger partial charge >= 0.3 is 6.09 Å². The molecule has 1 fully saturated rings. The van der Waals surface area contributed by atoms with Crippen molar-refractivity contribution in [3.05, 3.63) is 39.4 Å². The minimum atomic E-state index is -0.596. The maximum atomic E-state index is 13.2. The fourth-order valence-electron chi connectivity index (χ4n) is 3.21. The van der Waals surface area contributed by atoms with Crippen LogP contribution < -0.4 is 10.1 Å². The summed E-state index contributed by atoms with van der Waals surface area (Å²) in [4.78, 5) is 45.4. The van der Waals surface area contributed by atoms with Gasteiger partial charge in [-0.3, -0.25) is 14.9 Å². The van der Waals surface area contributed by atoms with E-state index >= 15 is 0 Å². The number of anilines is 1. The number of nitrogens with zero attached hydrogens (tertiary/aromatic N) is 2. The van der Waals surface area contributed by atoms with Crippen LogP contribution in [0.15, 0.2) is 18.2 Å². The van der Waals surface area contributed by atoms with Crippen molar-refractivity contribution in [1.82, 2.24) is 9.88 Å². The molecule has 1 aliphatic heterocycles. The molecule has 1 aliphatic rings. The highest BCUT2D eigenvalue weighted by molar-refractivity contribution is 7.17. The summed E-state index contributed by atoms with van der Waals surface area (Å²) in [6.45, 7) is 13.1. The minimum absolute atomic E-state index is 0.0432. The molecule has 8 nitrogen and oxygen atoms in total. The molecule has 0 unspecified atom stereocenters. The highest BCUT2D eigenvalue weighted by atomic mass is 35.5. The first-order valence-electron chi connectivity index (χ1n) is 11.0. The summed E-state index contributed by atoms with van der Waals surface area (Å²) in [5.74, 6) is -0.508. The number of Topliss-reactive ketones (excluding diaryl/α,β-unsaturated/α-hetero) is 1. The Morgan fingerprint density at radius 3 is 2.35 bits per heavy atom. The van der Waals surface area contributed by atoms with Gasteiger partial charge in [-0.15, -0.1) is 0 Å². The summed E-state index contributed by atoms with van der Waals surface area (Å²) in [6.07, 6.45) is -0.568. The number of halogens is 1. The Hall–Kier alpha value is -2.49. The van der Waals surface area contributed by atoms with Crippen molar-refractivity contribution >= 4 is 45.9 Å². The number of hydrogen-bond acceptors (Lipinski definition) is 7. The summed E-state index contributed by atoms with van der Waals surface area (Å²) < 4.78 is 10.8. The molecule has 1 aromatic carbocycles. The number of nitrogens with one attached hydrogen (secondary N) is 1. The molecule has 0 radical (unpaired) electrons. The lowest BCUT2D eigenvalue weighted by atomic mass is 9.84. The van der Waals surface area contributed by atoms with E-state index in [-0.39, 0.29) is 22.2 Å². The number of benzene rings is 1. The van der Waals surface area contributed by atoms with Gasteiger partial charge in [0.25, 0.3) is 5.91 Å². The molecule has 1 aromatic heterocycles. The van der Waals surface area contributed by atoms with E-state index in [1.165, 1.54) is 17.0 Å². The molecular weight excluding hydrogens is 478 g/mol. The average Bonchev–Trinajstić information content (AvgIpc) is 3.18. The second-order valence-electron chi connectivity index (χ2n) is 10.1. The van der Waals surface area contributed by atoms with Gasteiger partial charge in [-0.05, 0) is 18.2 Å². The molecule has 0 bridgehead atoms. The van der Waals surface area contributed by atoms with Crippen molar-refractivity contribution in [3.63, 3.8) is 0 Å². The lowest BCUT2D eigenvalue weighted by Crippen LogP contribution is -2.42. The molecule has 2 heterocycles. The molecule has 10 heteroatoms. The Kier molecular flexibility index (Phi) is 7.69. The Bertz CT molecular complexity index is 1100. The van der Waals surface area contributed by atoms with E-state index < -0.39 is 22.8 Å². The molecule has 3 rings (SSSR count). The van der Waals surface area contributed by atoms with Crippen LogP contribution in [-0.4, -0.2) is 54.0 Å². The van der Waals surface area contributed by atoms with Gasteiger partial charge in [0.1, 0.15) is 5.75 Å². The predicted molar refractivity (Wildman–Crippen MR) is 132 cm³/mol. The van der Waals surface area contributed by atoms with Gasteiger partial charge in [0.2, 0.25) is 0 Å². The minimum Gasteiger partial charge on any atom is -0.409 e. The topological polar surface area (TPSA) is 97.8 Å². The van der Waals surface area contributed by atoms with Gasteiger partial charge in [0, 0.05) is 28.9 Å². The number of morpholine rings is 1. The smallest absolute Gasteiger partial charge is 0.409 e. The molecule has 1 saturated heterocycles. The largest absolute Gasteiger partial charge is 0.415 e. The quantitative estimate of drug-likeness (QED) is 0.556. The number of ether oxygens (including phenoxy) is 2. The van der Waals surface area contributed by atoms with Gasteiger partial charge < -0.3 is 14.4 Å². The van der Waals surface area contributed by atoms with Crippen LogP contribution in [-0.2, 0) is 10.2 Å². The summed E-state index contributed by atoms with van der Waals surface area (Å²) in [5, 5.41) is 3.35. The average molecular weight is 508 g/mol. The van der Waals surface area contributed by atoms with Crippen LogP contribution in [0.3, 0.4) is 0 Å². The van der Waals surface area contributed by atoms with Gasteiger partial charge in [0.15, 0.2) is 10.9 Å². The van der Waals surface area contributed by atoms with Crippen LogP contribution in [0, 0.1) is 5.41 Å². The van der Waals surface area contributed by atoms with Crippen molar-refractivity contribution < 1.29 is 23.9 Å². The summed E-state index contributed by atoms with van der Waals surface area (Å²) in [6, 6.07) is 4.45. The zero-order valence-electron chi connectivity index (χ0n) is 20.3. The molecule has 2 aromatic rings. The summed E-state index contributed by atoms with van der Waals surface area (Å²) in [5.41, 5.74) is -0.283. The van der Waals surface area contributed by atoms with Crippen LogP contribution in [0.5, 0.6) is 5.75 Å². The van der Waals surface area contributed by atoms with Crippen LogP contribution in [0.25, 0.3) is 0 Å². The van der Waals surface area contributed by atoms with Crippen LogP contribution in [0.2, 0.25) is 5.02 Å². The number of carbonyl (C=O) groups excluding carboxylic acids is 3.